The third-order valence-corrected chi connectivity index (χ3v) is 9.56. The Bertz CT molecular complexity index is 1270. The van der Waals surface area contributed by atoms with Crippen LogP contribution in [0.15, 0.2) is 0 Å². The number of amides is 2. The van der Waals surface area contributed by atoms with E-state index in [0.717, 1.165) is 36.9 Å². The minimum atomic E-state index is -5.51. The number of halogens is 4. The van der Waals surface area contributed by atoms with Gasteiger partial charge in [0.2, 0.25) is 0 Å². The third-order valence-electron chi connectivity index (χ3n) is 7.22. The lowest BCUT2D eigenvalue weighted by Crippen LogP contribution is -2.56. The average molecular weight is 605 g/mol. The Kier molecular flexibility index (Phi) is 8.32. The molecule has 0 fully saturated rings. The van der Waals surface area contributed by atoms with Crippen LogP contribution in [-0.4, -0.2) is 49.8 Å². The molecule has 0 aliphatic heterocycles. The highest BCUT2D eigenvalue weighted by Crippen LogP contribution is 2.44. The highest BCUT2D eigenvalue weighted by atomic mass is 32.1. The van der Waals surface area contributed by atoms with E-state index in [2.05, 4.69) is 0 Å². The van der Waals surface area contributed by atoms with Crippen molar-refractivity contribution in [1.29, 1.82) is 0 Å². The van der Waals surface area contributed by atoms with Crippen molar-refractivity contribution < 1.29 is 46.2 Å². The molecule has 4 rings (SSSR count). The number of hydrogen-bond donors (Lipinski definition) is 2. The Hall–Kier alpha value is -3.00. The van der Waals surface area contributed by atoms with Crippen LogP contribution in [0.4, 0.5) is 27.6 Å². The Morgan fingerprint density at radius 2 is 1.07 bits per heavy atom. The van der Waals surface area contributed by atoms with E-state index < -0.39 is 35.6 Å². The van der Waals surface area contributed by atoms with Gasteiger partial charge in [-0.15, -0.1) is 22.7 Å². The summed E-state index contributed by atoms with van der Waals surface area (Å²) in [7, 11) is 2.14. The molecule has 40 heavy (non-hydrogen) atoms. The molecular weight excluding hydrogens is 576 g/mol. The van der Waals surface area contributed by atoms with Crippen molar-refractivity contribution in [3.05, 3.63) is 32.0 Å². The van der Waals surface area contributed by atoms with Gasteiger partial charge in [0, 0.05) is 9.75 Å². The number of methoxy groups -OCH3 is 2. The van der Waals surface area contributed by atoms with Crippen molar-refractivity contribution in [2.45, 2.75) is 64.2 Å². The maximum absolute atomic E-state index is 15.0. The quantitative estimate of drug-likeness (QED) is 0.320. The number of thiophene rings is 2. The summed E-state index contributed by atoms with van der Waals surface area (Å²) >= 11 is 1.67. The summed E-state index contributed by atoms with van der Waals surface area (Å²) in [5.74, 6) is -17.3. The molecule has 2 N–H and O–H groups in total. The van der Waals surface area contributed by atoms with Gasteiger partial charge in [-0.2, -0.15) is 17.6 Å². The van der Waals surface area contributed by atoms with Crippen LogP contribution in [-0.2, 0) is 44.7 Å². The molecule has 2 aromatic heterocycles. The van der Waals surface area contributed by atoms with Gasteiger partial charge in [0.1, 0.15) is 10.0 Å². The van der Waals surface area contributed by atoms with Crippen molar-refractivity contribution in [3.8, 4) is 0 Å². The number of alkyl halides is 4. The first-order valence-corrected chi connectivity index (χ1v) is 14.2. The van der Waals surface area contributed by atoms with E-state index in [1.807, 2.05) is 13.8 Å². The lowest BCUT2D eigenvalue weighted by Gasteiger charge is -2.24. The van der Waals surface area contributed by atoms with Gasteiger partial charge in [-0.1, -0.05) is 13.8 Å². The van der Waals surface area contributed by atoms with Gasteiger partial charge in [-0.05, 0) is 61.5 Å². The highest BCUT2D eigenvalue weighted by Gasteiger charge is 2.67. The van der Waals surface area contributed by atoms with Crippen LogP contribution in [0.5, 0.6) is 0 Å². The molecular formula is C26H28F4N2O6S2. The Balaban J connectivity index is 1.60. The van der Waals surface area contributed by atoms with Gasteiger partial charge in [-0.3, -0.25) is 9.59 Å². The fraction of sp³-hybridized carbons (Fsp3) is 0.538. The summed E-state index contributed by atoms with van der Waals surface area (Å²) < 4.78 is 69.4. The molecule has 14 heteroatoms. The van der Waals surface area contributed by atoms with Gasteiger partial charge >= 0.3 is 35.6 Å². The molecule has 2 aliphatic carbocycles. The maximum atomic E-state index is 15.0. The van der Waals surface area contributed by atoms with Crippen molar-refractivity contribution in [3.63, 3.8) is 0 Å². The lowest BCUT2D eigenvalue weighted by atomic mass is 9.88. The number of hydrogen-bond acceptors (Lipinski definition) is 8. The summed E-state index contributed by atoms with van der Waals surface area (Å²) in [6.45, 7) is 3.92. The largest absolute Gasteiger partial charge is 0.465 e. The first kappa shape index (κ1) is 30.0. The molecule has 2 atom stereocenters. The van der Waals surface area contributed by atoms with E-state index in [1.54, 1.807) is 10.6 Å². The zero-order valence-electron chi connectivity index (χ0n) is 22.2. The molecule has 0 bridgehead atoms. The molecule has 0 saturated carbocycles. The van der Waals surface area contributed by atoms with E-state index in [1.165, 1.54) is 0 Å². The maximum Gasteiger partial charge on any atom is 0.396 e. The zero-order valence-corrected chi connectivity index (χ0v) is 23.8. The number of esters is 2. The molecule has 8 nitrogen and oxygen atoms in total. The van der Waals surface area contributed by atoms with Crippen molar-refractivity contribution >= 4 is 56.4 Å². The molecule has 0 unspecified atom stereocenters. The number of carbonyl (C=O) groups excluding carboxylic acids is 4. The second kappa shape index (κ2) is 11.1. The van der Waals surface area contributed by atoms with Gasteiger partial charge in [0.15, 0.2) is 0 Å². The van der Waals surface area contributed by atoms with Gasteiger partial charge in [-0.25, -0.2) is 9.59 Å². The van der Waals surface area contributed by atoms with Gasteiger partial charge in [0.05, 0.1) is 25.3 Å². The van der Waals surface area contributed by atoms with Crippen LogP contribution in [0.25, 0.3) is 0 Å². The summed E-state index contributed by atoms with van der Waals surface area (Å²) in [5, 5.41) is 2.79. The van der Waals surface area contributed by atoms with Crippen molar-refractivity contribution in [2.24, 2.45) is 11.8 Å². The highest BCUT2D eigenvalue weighted by molar-refractivity contribution is 7.17. The Morgan fingerprint density at radius 1 is 0.725 bits per heavy atom. The number of anilines is 2. The second-order valence-electron chi connectivity index (χ2n) is 10.2. The molecule has 2 aromatic rings. The zero-order chi connectivity index (χ0) is 29.6. The predicted molar refractivity (Wildman–Crippen MR) is 141 cm³/mol. The van der Waals surface area contributed by atoms with Crippen LogP contribution in [0.3, 0.4) is 0 Å². The van der Waals surface area contributed by atoms with E-state index in [9.17, 15) is 36.7 Å². The fourth-order valence-corrected chi connectivity index (χ4v) is 7.75. The summed E-state index contributed by atoms with van der Waals surface area (Å²) in [6.07, 6.45) is 3.28. The molecule has 0 radical (unpaired) electrons. The first-order valence-electron chi connectivity index (χ1n) is 12.6. The fourth-order valence-electron chi connectivity index (χ4n) is 4.96. The van der Waals surface area contributed by atoms with Crippen LogP contribution in [0.2, 0.25) is 0 Å². The minimum absolute atomic E-state index is 0.160. The van der Waals surface area contributed by atoms with E-state index in [-0.39, 0.29) is 33.0 Å². The van der Waals surface area contributed by atoms with Crippen LogP contribution >= 0.6 is 22.7 Å². The summed E-state index contributed by atoms with van der Waals surface area (Å²) in [5.41, 5.74) is 0.716. The van der Waals surface area contributed by atoms with E-state index in [4.69, 9.17) is 9.47 Å². The van der Waals surface area contributed by atoms with Gasteiger partial charge in [0.25, 0.3) is 0 Å². The average Bonchev–Trinajstić information content (AvgIpc) is 3.43. The lowest BCUT2D eigenvalue weighted by molar-refractivity contribution is -0.204. The monoisotopic (exact) mass is 604 g/mol. The van der Waals surface area contributed by atoms with Crippen molar-refractivity contribution in [2.75, 3.05) is 24.9 Å². The molecule has 2 amide bonds. The molecule has 0 saturated heterocycles. The molecule has 218 valence electrons. The number of fused-ring (bicyclic) bond motifs is 2. The molecule has 0 spiro atoms. The Morgan fingerprint density at radius 3 is 1.40 bits per heavy atom. The summed E-state index contributed by atoms with van der Waals surface area (Å²) in [6, 6.07) is 0. The number of rotatable bonds is 7. The number of carbonyl (C=O) groups is 4. The number of ether oxygens (including phenoxy) is 2. The molecule has 2 aliphatic rings. The van der Waals surface area contributed by atoms with E-state index >= 15 is 0 Å². The van der Waals surface area contributed by atoms with Crippen molar-refractivity contribution in [1.82, 2.24) is 0 Å². The smallest absolute Gasteiger partial charge is 0.396 e. The third kappa shape index (κ3) is 5.22. The van der Waals surface area contributed by atoms with E-state index in [0.29, 0.717) is 59.4 Å². The standard InChI is InChI=1S/C26H28F4N2O6S2/c1-11-5-7-13-15(9-11)39-19(17(13)21(33)37-3)31-23(35)25(27,28)26(29,30)24(36)32-20-18(22(34)38-4)14-8-6-12(2)10-16(14)40-20/h11-12H,5-10H2,1-4H3,(H,31,35)(H,32,36)/t11-,12-/m1/s1. The molecule has 0 aromatic carbocycles. The topological polar surface area (TPSA) is 111 Å². The van der Waals surface area contributed by atoms with Crippen LogP contribution < -0.4 is 10.6 Å². The van der Waals surface area contributed by atoms with Gasteiger partial charge < -0.3 is 20.1 Å². The SMILES string of the molecule is COC(=O)c1c(NC(=O)C(F)(F)C(F)(F)C(=O)Nc2sc3c(c2C(=O)OC)CC[C@@H](C)C3)sc2c1CC[C@@H](C)C2. The first-order chi connectivity index (χ1) is 18.7. The number of nitrogens with one attached hydrogen (secondary N) is 2. The second-order valence-corrected chi connectivity index (χ2v) is 12.4. The van der Waals surface area contributed by atoms with Crippen LogP contribution in [0, 0.1) is 11.8 Å². The van der Waals surface area contributed by atoms with Crippen LogP contribution in [0.1, 0.15) is 68.3 Å². The Labute approximate surface area is 235 Å². The predicted octanol–water partition coefficient (Wildman–Crippen LogP) is 5.48. The summed E-state index contributed by atoms with van der Waals surface area (Å²) in [4.78, 5) is 51.2. The molecule has 2 heterocycles. The normalized spacial score (nSPS) is 18.8. The minimum Gasteiger partial charge on any atom is -0.465 e.